The molecule has 0 saturated carbocycles. The monoisotopic (exact) mass is 554 g/mol. The van der Waals surface area contributed by atoms with Crippen molar-refractivity contribution in [2.45, 2.75) is 31.5 Å². The normalized spacial score (nSPS) is 15.9. The number of anilines is 4. The molecule has 11 heteroatoms. The Kier molecular flexibility index (Phi) is 7.46. The quantitative estimate of drug-likeness (QED) is 0.360. The first-order valence-electron chi connectivity index (χ1n) is 13.0. The highest BCUT2D eigenvalue weighted by molar-refractivity contribution is 6.02. The first kappa shape index (κ1) is 27.2. The predicted molar refractivity (Wildman–Crippen MR) is 145 cm³/mol. The maximum Gasteiger partial charge on any atom is 0.573 e. The fraction of sp³-hybridized carbons (Fsp3) is 0.310. The van der Waals surface area contributed by atoms with Crippen molar-refractivity contribution in [2.24, 2.45) is 0 Å². The Labute approximate surface area is 229 Å². The maximum absolute atomic E-state index is 12.9. The Bertz CT molecular complexity index is 1370. The zero-order valence-corrected chi connectivity index (χ0v) is 21.8. The van der Waals surface area contributed by atoms with Gasteiger partial charge in [0.1, 0.15) is 5.75 Å². The number of carbonyl (C=O) groups is 2. The lowest BCUT2D eigenvalue weighted by atomic mass is 9.74. The molecule has 40 heavy (non-hydrogen) atoms. The van der Waals surface area contributed by atoms with E-state index in [1.54, 1.807) is 17.9 Å². The average Bonchev–Trinajstić information content (AvgIpc) is 3.23. The molecule has 0 atom stereocenters. The Hall–Kier alpha value is -4.41. The summed E-state index contributed by atoms with van der Waals surface area (Å²) in [6.45, 7) is 4.01. The second-order valence-electron chi connectivity index (χ2n) is 9.74. The second-order valence-corrected chi connectivity index (χ2v) is 9.74. The van der Waals surface area contributed by atoms with Gasteiger partial charge in [-0.15, -0.1) is 13.2 Å². The van der Waals surface area contributed by atoms with E-state index in [0.29, 0.717) is 37.6 Å². The number of hydrogen-bond acceptors (Lipinski definition) is 5. The van der Waals surface area contributed by atoms with E-state index < -0.39 is 12.4 Å². The Morgan fingerprint density at radius 2 is 1.55 bits per heavy atom. The summed E-state index contributed by atoms with van der Waals surface area (Å²) in [5.74, 6) is -0.376. The highest BCUT2D eigenvalue weighted by Crippen LogP contribution is 2.50. The molecule has 1 saturated heterocycles. The van der Waals surface area contributed by atoms with Crippen LogP contribution in [0.15, 0.2) is 72.8 Å². The zero-order chi connectivity index (χ0) is 28.3. The number of hydrogen-bond donors (Lipinski definition) is 2. The third-order valence-corrected chi connectivity index (χ3v) is 7.26. The predicted octanol–water partition coefficient (Wildman–Crippen LogP) is 6.87. The smallest absolute Gasteiger partial charge is 0.450 e. The van der Waals surface area contributed by atoms with E-state index in [1.165, 1.54) is 17.7 Å². The fourth-order valence-electron chi connectivity index (χ4n) is 5.44. The zero-order valence-electron chi connectivity index (χ0n) is 21.8. The largest absolute Gasteiger partial charge is 0.573 e. The number of halogens is 3. The number of para-hydroxylation sites is 3. The summed E-state index contributed by atoms with van der Waals surface area (Å²) in [5, 5.41) is 5.52. The van der Waals surface area contributed by atoms with Crippen LogP contribution < -0.4 is 20.3 Å². The molecular formula is C29H29F3N4O4. The van der Waals surface area contributed by atoms with Crippen molar-refractivity contribution in [2.75, 3.05) is 41.8 Å². The van der Waals surface area contributed by atoms with Crippen molar-refractivity contribution >= 4 is 34.9 Å². The van der Waals surface area contributed by atoms with Crippen LogP contribution in [-0.2, 0) is 10.2 Å². The van der Waals surface area contributed by atoms with Crippen LogP contribution in [0.25, 0.3) is 0 Å². The lowest BCUT2D eigenvalue weighted by Crippen LogP contribution is -2.47. The highest BCUT2D eigenvalue weighted by atomic mass is 19.4. The molecule has 5 rings (SSSR count). The standard InChI is InChI=1S/C29H29F3N4O4/c1-2-39-27(38)35-17-15-28(16-18-35)19-36(24-9-5-3-7-22(24)28)25-10-6-4-8-23(25)34-26(37)33-20-11-13-21(14-12-20)40-29(30,31)32/h3-14H,2,15-19H2,1H3,(H2,33,34,37). The van der Waals surface area contributed by atoms with Gasteiger partial charge >= 0.3 is 18.5 Å². The van der Waals surface area contributed by atoms with Crippen molar-refractivity contribution in [1.82, 2.24) is 4.90 Å². The van der Waals surface area contributed by atoms with Gasteiger partial charge in [-0.1, -0.05) is 30.3 Å². The molecule has 2 aliphatic heterocycles. The second kappa shape index (κ2) is 11.0. The van der Waals surface area contributed by atoms with E-state index in [9.17, 15) is 22.8 Å². The molecule has 3 aromatic carbocycles. The van der Waals surface area contributed by atoms with E-state index in [-0.39, 0.29) is 17.3 Å². The molecule has 0 aromatic heterocycles. The Morgan fingerprint density at radius 1 is 0.900 bits per heavy atom. The van der Waals surface area contributed by atoms with Crippen molar-refractivity contribution in [3.63, 3.8) is 0 Å². The van der Waals surface area contributed by atoms with Crippen LogP contribution in [0, 0.1) is 0 Å². The summed E-state index contributed by atoms with van der Waals surface area (Å²) >= 11 is 0. The number of nitrogens with one attached hydrogen (secondary N) is 2. The number of urea groups is 1. The molecule has 210 valence electrons. The first-order chi connectivity index (χ1) is 19.2. The number of amides is 3. The molecule has 0 unspecified atom stereocenters. The van der Waals surface area contributed by atoms with E-state index in [1.807, 2.05) is 30.3 Å². The number of nitrogens with zero attached hydrogens (tertiary/aromatic N) is 2. The molecule has 3 amide bonds. The molecule has 0 bridgehead atoms. The lowest BCUT2D eigenvalue weighted by Gasteiger charge is -2.39. The molecule has 1 spiro atoms. The van der Waals surface area contributed by atoms with Crippen LogP contribution in [0.4, 0.5) is 45.5 Å². The number of carbonyl (C=O) groups excluding carboxylic acids is 2. The van der Waals surface area contributed by atoms with Gasteiger partial charge in [0.25, 0.3) is 0 Å². The number of benzene rings is 3. The van der Waals surface area contributed by atoms with E-state index in [0.717, 1.165) is 36.3 Å². The highest BCUT2D eigenvalue weighted by Gasteiger charge is 2.46. The molecule has 3 aromatic rings. The Morgan fingerprint density at radius 3 is 2.23 bits per heavy atom. The molecular weight excluding hydrogens is 525 g/mol. The molecule has 0 aliphatic carbocycles. The molecule has 8 nitrogen and oxygen atoms in total. The summed E-state index contributed by atoms with van der Waals surface area (Å²) in [6, 6.07) is 20.0. The summed E-state index contributed by atoms with van der Waals surface area (Å²) in [5.41, 5.74) is 3.79. The van der Waals surface area contributed by atoms with Crippen LogP contribution in [0.1, 0.15) is 25.3 Å². The summed E-state index contributed by atoms with van der Waals surface area (Å²) in [6.07, 6.45) is -3.52. The summed E-state index contributed by atoms with van der Waals surface area (Å²) in [7, 11) is 0. The van der Waals surface area contributed by atoms with Crippen molar-refractivity contribution in [1.29, 1.82) is 0 Å². The summed E-state index contributed by atoms with van der Waals surface area (Å²) in [4.78, 5) is 29.1. The summed E-state index contributed by atoms with van der Waals surface area (Å²) < 4.78 is 46.3. The maximum atomic E-state index is 12.9. The minimum atomic E-state index is -4.79. The minimum absolute atomic E-state index is 0.158. The number of fused-ring (bicyclic) bond motifs is 2. The SMILES string of the molecule is CCOC(=O)N1CCC2(CC1)CN(c1ccccc1NC(=O)Nc1ccc(OC(F)(F)F)cc1)c1ccccc12. The molecule has 2 aliphatic rings. The van der Waals surface area contributed by atoms with Gasteiger partial charge in [0, 0.05) is 36.4 Å². The van der Waals surface area contributed by atoms with E-state index in [4.69, 9.17) is 4.74 Å². The molecule has 1 fully saturated rings. The average molecular weight is 555 g/mol. The van der Waals surface area contributed by atoms with Crippen molar-refractivity contribution in [3.05, 3.63) is 78.4 Å². The van der Waals surface area contributed by atoms with Crippen LogP contribution in [0.5, 0.6) is 5.75 Å². The van der Waals surface area contributed by atoms with E-state index >= 15 is 0 Å². The van der Waals surface area contributed by atoms with Gasteiger partial charge in [-0.3, -0.25) is 0 Å². The first-order valence-corrected chi connectivity index (χ1v) is 13.0. The molecule has 2 N–H and O–H groups in total. The van der Waals surface area contributed by atoms with Crippen LogP contribution >= 0.6 is 0 Å². The van der Waals surface area contributed by atoms with Gasteiger partial charge < -0.3 is 29.9 Å². The number of piperidine rings is 1. The number of ether oxygens (including phenoxy) is 2. The van der Waals surface area contributed by atoms with Crippen LogP contribution in [-0.4, -0.2) is 49.6 Å². The topological polar surface area (TPSA) is 83.1 Å². The number of rotatable bonds is 5. The van der Waals surface area contributed by atoms with Crippen molar-refractivity contribution in [3.8, 4) is 5.75 Å². The van der Waals surface area contributed by atoms with Crippen LogP contribution in [0.3, 0.4) is 0 Å². The van der Waals surface area contributed by atoms with Gasteiger partial charge in [-0.25, -0.2) is 9.59 Å². The van der Waals surface area contributed by atoms with E-state index in [2.05, 4.69) is 32.4 Å². The lowest BCUT2D eigenvalue weighted by molar-refractivity contribution is -0.274. The van der Waals surface area contributed by atoms with Crippen LogP contribution in [0.2, 0.25) is 0 Å². The van der Waals surface area contributed by atoms with Crippen molar-refractivity contribution < 1.29 is 32.2 Å². The van der Waals surface area contributed by atoms with Gasteiger partial charge in [-0.2, -0.15) is 0 Å². The minimum Gasteiger partial charge on any atom is -0.450 e. The van der Waals surface area contributed by atoms with Gasteiger partial charge in [0.05, 0.1) is 18.0 Å². The number of likely N-dealkylation sites (tertiary alicyclic amines) is 1. The molecule has 0 radical (unpaired) electrons. The van der Waals surface area contributed by atoms with Gasteiger partial charge in [0.2, 0.25) is 0 Å². The number of alkyl halides is 3. The molecule has 2 heterocycles. The van der Waals surface area contributed by atoms with Gasteiger partial charge in [-0.05, 0) is 67.8 Å². The third kappa shape index (κ3) is 5.78. The fourth-order valence-corrected chi connectivity index (χ4v) is 5.44. The third-order valence-electron chi connectivity index (χ3n) is 7.26. The van der Waals surface area contributed by atoms with Gasteiger partial charge in [0.15, 0.2) is 0 Å². The Balaban J connectivity index is 1.32.